The molecule has 0 bridgehead atoms. The number of anilines is 1. The van der Waals surface area contributed by atoms with Crippen molar-refractivity contribution in [2.45, 2.75) is 24.8 Å². The molecule has 4 rings (SSSR count). The van der Waals surface area contributed by atoms with Crippen LogP contribution < -0.4 is 4.90 Å². The normalized spacial score (nSPS) is 11.1. The lowest BCUT2D eigenvalue weighted by Gasteiger charge is -2.20. The first-order valence-electron chi connectivity index (χ1n) is 9.64. The molecule has 2 aromatic heterocycles. The molecule has 0 saturated carbocycles. The maximum absolute atomic E-state index is 13.2. The summed E-state index contributed by atoms with van der Waals surface area (Å²) in [6.07, 6.45) is 3.78. The molecule has 2 aromatic carbocycles. The Morgan fingerprint density at radius 3 is 2.71 bits per heavy atom. The first kappa shape index (κ1) is 21.7. The van der Waals surface area contributed by atoms with Crippen LogP contribution in [0.2, 0.25) is 5.02 Å². The van der Waals surface area contributed by atoms with E-state index < -0.39 is 0 Å². The van der Waals surface area contributed by atoms with Crippen LogP contribution in [-0.2, 0) is 11.3 Å². The van der Waals surface area contributed by atoms with Crippen molar-refractivity contribution in [2.75, 3.05) is 10.7 Å². The Morgan fingerprint density at radius 2 is 2.00 bits per heavy atom. The maximum Gasteiger partial charge on any atom is 0.229 e. The van der Waals surface area contributed by atoms with Gasteiger partial charge < -0.3 is 0 Å². The van der Waals surface area contributed by atoms with E-state index in [-0.39, 0.29) is 11.7 Å². The van der Waals surface area contributed by atoms with Gasteiger partial charge >= 0.3 is 0 Å². The highest BCUT2D eigenvalue weighted by atomic mass is 35.5. The smallest absolute Gasteiger partial charge is 0.229 e. The van der Waals surface area contributed by atoms with Crippen LogP contribution in [-0.4, -0.2) is 21.6 Å². The fraction of sp³-hybridized carbons (Fsp3) is 0.174. The third-order valence-corrected chi connectivity index (χ3v) is 7.23. The summed E-state index contributed by atoms with van der Waals surface area (Å²) in [4.78, 5) is 24.7. The van der Waals surface area contributed by atoms with E-state index in [1.807, 2.05) is 31.2 Å². The highest BCUT2D eigenvalue weighted by molar-refractivity contribution is 7.99. The van der Waals surface area contributed by atoms with Crippen molar-refractivity contribution in [1.82, 2.24) is 9.97 Å². The molecule has 158 valence electrons. The molecule has 0 atom stereocenters. The number of hydrogen-bond donors (Lipinski definition) is 0. The van der Waals surface area contributed by atoms with Crippen LogP contribution in [0.3, 0.4) is 0 Å². The number of carbonyl (C=O) groups is 1. The minimum Gasteiger partial charge on any atom is -0.284 e. The molecule has 0 fully saturated rings. The quantitative estimate of drug-likeness (QED) is 0.288. The van der Waals surface area contributed by atoms with Crippen LogP contribution in [0.1, 0.15) is 17.5 Å². The van der Waals surface area contributed by atoms with Crippen molar-refractivity contribution >= 4 is 56.0 Å². The van der Waals surface area contributed by atoms with Crippen molar-refractivity contribution in [1.29, 1.82) is 0 Å². The van der Waals surface area contributed by atoms with Gasteiger partial charge in [-0.05, 0) is 54.4 Å². The molecule has 0 saturated heterocycles. The van der Waals surface area contributed by atoms with Crippen molar-refractivity contribution in [3.8, 4) is 0 Å². The van der Waals surface area contributed by atoms with E-state index in [4.69, 9.17) is 16.6 Å². The molecule has 2 heterocycles. The van der Waals surface area contributed by atoms with Crippen LogP contribution in [0.25, 0.3) is 10.2 Å². The van der Waals surface area contributed by atoms with Crippen LogP contribution in [0.5, 0.6) is 0 Å². The van der Waals surface area contributed by atoms with Crippen molar-refractivity contribution in [3.63, 3.8) is 0 Å². The first-order valence-corrected chi connectivity index (χ1v) is 11.8. The molecular formula is C23H19ClFN3OS2. The van der Waals surface area contributed by atoms with Crippen molar-refractivity contribution in [2.24, 2.45) is 0 Å². The minimum absolute atomic E-state index is 0.0358. The molecule has 0 radical (unpaired) electrons. The Hall–Kier alpha value is -2.48. The molecule has 8 heteroatoms. The van der Waals surface area contributed by atoms with Crippen LogP contribution in [0.4, 0.5) is 9.52 Å². The number of nitrogens with zero attached hydrogens (tertiary/aromatic N) is 3. The first-order chi connectivity index (χ1) is 15.0. The minimum atomic E-state index is -0.270. The number of fused-ring (bicyclic) bond motifs is 1. The summed E-state index contributed by atoms with van der Waals surface area (Å²) in [5.41, 5.74) is 2.75. The van der Waals surface area contributed by atoms with Gasteiger partial charge in [0, 0.05) is 29.5 Å². The molecule has 4 aromatic rings. The number of rotatable bonds is 7. The highest BCUT2D eigenvalue weighted by Crippen LogP contribution is 2.36. The van der Waals surface area contributed by atoms with Gasteiger partial charge in [-0.25, -0.2) is 9.37 Å². The molecule has 0 unspecified atom stereocenters. The number of amides is 1. The number of pyridine rings is 1. The molecule has 31 heavy (non-hydrogen) atoms. The molecule has 0 aliphatic heterocycles. The Kier molecular flexibility index (Phi) is 6.85. The van der Waals surface area contributed by atoms with E-state index in [1.165, 1.54) is 35.2 Å². The molecule has 0 spiro atoms. The fourth-order valence-electron chi connectivity index (χ4n) is 3.06. The second kappa shape index (κ2) is 9.77. The summed E-state index contributed by atoms with van der Waals surface area (Å²) in [6, 6.07) is 13.9. The van der Waals surface area contributed by atoms with E-state index in [0.29, 0.717) is 28.9 Å². The van der Waals surface area contributed by atoms with E-state index in [0.717, 1.165) is 26.2 Å². The number of carbonyl (C=O) groups excluding carboxylic acids is 1. The second-order valence-electron chi connectivity index (χ2n) is 6.93. The van der Waals surface area contributed by atoms with Gasteiger partial charge in [-0.3, -0.25) is 14.7 Å². The number of aromatic nitrogens is 2. The lowest BCUT2D eigenvalue weighted by molar-refractivity contribution is -0.118. The van der Waals surface area contributed by atoms with Crippen LogP contribution in [0, 0.1) is 12.7 Å². The maximum atomic E-state index is 13.2. The van der Waals surface area contributed by atoms with Gasteiger partial charge in [0.25, 0.3) is 0 Å². The fourth-order valence-corrected chi connectivity index (χ4v) is 5.24. The number of thiazole rings is 1. The summed E-state index contributed by atoms with van der Waals surface area (Å²) in [7, 11) is 0. The van der Waals surface area contributed by atoms with Gasteiger partial charge in [-0.15, -0.1) is 11.8 Å². The summed E-state index contributed by atoms with van der Waals surface area (Å²) < 4.78 is 14.0. The number of thioether (sulfide) groups is 1. The number of halogens is 2. The topological polar surface area (TPSA) is 46.1 Å². The largest absolute Gasteiger partial charge is 0.284 e. The van der Waals surface area contributed by atoms with Crippen molar-refractivity contribution in [3.05, 3.63) is 82.9 Å². The molecule has 4 nitrogen and oxygen atoms in total. The Bertz CT molecular complexity index is 1160. The van der Waals surface area contributed by atoms with Gasteiger partial charge in [0.2, 0.25) is 5.91 Å². The van der Waals surface area contributed by atoms with Gasteiger partial charge in [-0.1, -0.05) is 35.1 Å². The third kappa shape index (κ3) is 5.23. The predicted molar refractivity (Wildman–Crippen MR) is 127 cm³/mol. The summed E-state index contributed by atoms with van der Waals surface area (Å²) in [5, 5.41) is 1.25. The monoisotopic (exact) mass is 471 g/mol. The molecule has 1 amide bonds. The second-order valence-corrected chi connectivity index (χ2v) is 9.49. The standard InChI is InChI=1S/C23H19ClFN3OS2/c1-15-4-9-19(24)22-21(15)27-23(31-22)28(14-16-3-2-11-26-13-16)20(29)10-12-30-18-7-5-17(25)6-8-18/h2-9,11,13H,10,12,14H2,1H3. The zero-order valence-corrected chi connectivity index (χ0v) is 19.1. The van der Waals surface area contributed by atoms with E-state index in [1.54, 1.807) is 29.4 Å². The van der Waals surface area contributed by atoms with E-state index in [2.05, 4.69) is 4.98 Å². The lowest BCUT2D eigenvalue weighted by Crippen LogP contribution is -2.30. The summed E-state index contributed by atoms with van der Waals surface area (Å²) in [5.74, 6) is 0.276. The zero-order valence-electron chi connectivity index (χ0n) is 16.7. The van der Waals surface area contributed by atoms with Gasteiger partial charge in [-0.2, -0.15) is 0 Å². The SMILES string of the molecule is Cc1ccc(Cl)c2sc(N(Cc3cccnc3)C(=O)CCSc3ccc(F)cc3)nc12. The van der Waals surface area contributed by atoms with E-state index >= 15 is 0 Å². The zero-order chi connectivity index (χ0) is 21.8. The average Bonchev–Trinajstić information content (AvgIpc) is 3.23. The Labute approximate surface area is 193 Å². The number of hydrogen-bond acceptors (Lipinski definition) is 5. The molecular weight excluding hydrogens is 453 g/mol. The Morgan fingerprint density at radius 1 is 1.19 bits per heavy atom. The highest BCUT2D eigenvalue weighted by Gasteiger charge is 2.21. The third-order valence-electron chi connectivity index (χ3n) is 4.68. The van der Waals surface area contributed by atoms with Crippen molar-refractivity contribution < 1.29 is 9.18 Å². The number of benzene rings is 2. The molecule has 0 aliphatic carbocycles. The molecule has 0 N–H and O–H groups in total. The van der Waals surface area contributed by atoms with E-state index in [9.17, 15) is 9.18 Å². The van der Waals surface area contributed by atoms with Crippen LogP contribution >= 0.6 is 34.7 Å². The predicted octanol–water partition coefficient (Wildman–Crippen LogP) is 6.51. The van der Waals surface area contributed by atoms with Gasteiger partial charge in [0.1, 0.15) is 5.82 Å². The van der Waals surface area contributed by atoms with Gasteiger partial charge in [0.05, 0.1) is 21.8 Å². The average molecular weight is 472 g/mol. The summed E-state index contributed by atoms with van der Waals surface area (Å²) >= 11 is 9.32. The summed E-state index contributed by atoms with van der Waals surface area (Å²) in [6.45, 7) is 2.36. The van der Waals surface area contributed by atoms with Crippen LogP contribution in [0.15, 0.2) is 65.8 Å². The molecule has 0 aliphatic rings. The number of aryl methyl sites for hydroxylation is 1. The lowest BCUT2D eigenvalue weighted by atomic mass is 10.2. The van der Waals surface area contributed by atoms with Gasteiger partial charge in [0.15, 0.2) is 5.13 Å². The Balaban J connectivity index is 1.56.